The molecule has 5 heteroatoms. The predicted molar refractivity (Wildman–Crippen MR) is 75.9 cm³/mol. The van der Waals surface area contributed by atoms with Crippen molar-refractivity contribution < 1.29 is 4.79 Å². The van der Waals surface area contributed by atoms with Crippen LogP contribution < -0.4 is 5.73 Å². The van der Waals surface area contributed by atoms with E-state index >= 15 is 0 Å². The van der Waals surface area contributed by atoms with E-state index in [1.165, 1.54) is 0 Å². The van der Waals surface area contributed by atoms with E-state index in [0.717, 1.165) is 31.6 Å². The van der Waals surface area contributed by atoms with Crippen molar-refractivity contribution in [1.29, 1.82) is 0 Å². The van der Waals surface area contributed by atoms with Crippen LogP contribution in [0.15, 0.2) is 18.3 Å². The van der Waals surface area contributed by atoms with Gasteiger partial charge in [0.25, 0.3) is 0 Å². The number of anilines is 1. The van der Waals surface area contributed by atoms with E-state index in [-0.39, 0.29) is 11.8 Å². The van der Waals surface area contributed by atoms with Crippen LogP contribution in [0.5, 0.6) is 0 Å². The van der Waals surface area contributed by atoms with Gasteiger partial charge in [0.15, 0.2) is 5.78 Å². The molecular weight excluding hydrogens is 240 g/mol. The van der Waals surface area contributed by atoms with Gasteiger partial charge in [-0.15, -0.1) is 0 Å². The Balaban J connectivity index is 2.05. The average molecular weight is 262 g/mol. The van der Waals surface area contributed by atoms with Gasteiger partial charge in [-0.05, 0) is 51.3 Å². The lowest BCUT2D eigenvalue weighted by atomic mass is 10.0. The smallest absolute Gasteiger partial charge is 0.155 e. The number of hydrogen-bond acceptors (Lipinski definition) is 5. The molecule has 19 heavy (non-hydrogen) atoms. The molecule has 5 nitrogen and oxygen atoms in total. The van der Waals surface area contributed by atoms with Gasteiger partial charge in [0.2, 0.25) is 0 Å². The SMILES string of the molecule is CN1CCCN(C)C(C(=O)Cc2ccnc(N)c2)C1. The molecule has 1 fully saturated rings. The summed E-state index contributed by atoms with van der Waals surface area (Å²) in [5.74, 6) is 0.721. The zero-order chi connectivity index (χ0) is 13.8. The summed E-state index contributed by atoms with van der Waals surface area (Å²) in [7, 11) is 4.10. The van der Waals surface area contributed by atoms with E-state index in [2.05, 4.69) is 21.8 Å². The summed E-state index contributed by atoms with van der Waals surface area (Å²) >= 11 is 0. The van der Waals surface area contributed by atoms with Crippen LogP contribution in [0.1, 0.15) is 12.0 Å². The molecule has 104 valence electrons. The number of ketones is 1. The minimum absolute atomic E-state index is 0.0260. The molecule has 0 spiro atoms. The zero-order valence-electron chi connectivity index (χ0n) is 11.7. The minimum atomic E-state index is -0.0260. The molecule has 1 saturated heterocycles. The molecule has 0 aromatic carbocycles. The molecule has 0 amide bonds. The summed E-state index contributed by atoms with van der Waals surface area (Å²) in [6, 6.07) is 3.61. The van der Waals surface area contributed by atoms with Gasteiger partial charge in [0.1, 0.15) is 5.82 Å². The highest BCUT2D eigenvalue weighted by Gasteiger charge is 2.26. The third-order valence-electron chi connectivity index (χ3n) is 3.66. The number of pyridine rings is 1. The van der Waals surface area contributed by atoms with Crippen LogP contribution >= 0.6 is 0 Å². The summed E-state index contributed by atoms with van der Waals surface area (Å²) in [6.07, 6.45) is 3.19. The Morgan fingerprint density at radius 3 is 3.00 bits per heavy atom. The van der Waals surface area contributed by atoms with E-state index in [4.69, 9.17) is 5.73 Å². The molecular formula is C14H22N4O. The van der Waals surface area contributed by atoms with Crippen molar-refractivity contribution in [3.05, 3.63) is 23.9 Å². The third kappa shape index (κ3) is 3.75. The zero-order valence-corrected chi connectivity index (χ0v) is 11.7. The van der Waals surface area contributed by atoms with Crippen LogP contribution in [-0.2, 0) is 11.2 Å². The molecule has 0 aliphatic carbocycles. The van der Waals surface area contributed by atoms with Gasteiger partial charge in [-0.1, -0.05) is 0 Å². The fraction of sp³-hybridized carbons (Fsp3) is 0.571. The van der Waals surface area contributed by atoms with Gasteiger partial charge in [-0.25, -0.2) is 4.98 Å². The number of Topliss-reactive ketones (excluding diaryl/α,β-unsaturated/α-hetero) is 1. The lowest BCUT2D eigenvalue weighted by Crippen LogP contribution is -2.44. The van der Waals surface area contributed by atoms with Gasteiger partial charge in [0.05, 0.1) is 6.04 Å². The highest BCUT2D eigenvalue weighted by molar-refractivity contribution is 5.86. The second-order valence-corrected chi connectivity index (χ2v) is 5.34. The summed E-state index contributed by atoms with van der Waals surface area (Å²) in [5.41, 5.74) is 6.59. The molecule has 2 N–H and O–H groups in total. The van der Waals surface area contributed by atoms with Crippen molar-refractivity contribution in [2.75, 3.05) is 39.5 Å². The van der Waals surface area contributed by atoms with Crippen molar-refractivity contribution in [1.82, 2.24) is 14.8 Å². The van der Waals surface area contributed by atoms with Crippen LogP contribution in [0.4, 0.5) is 5.82 Å². The minimum Gasteiger partial charge on any atom is -0.384 e. The number of carbonyl (C=O) groups excluding carboxylic acids is 1. The molecule has 1 aromatic rings. The number of aromatic nitrogens is 1. The van der Waals surface area contributed by atoms with Gasteiger partial charge in [-0.3, -0.25) is 9.69 Å². The Labute approximate surface area is 114 Å². The van der Waals surface area contributed by atoms with E-state index in [1.807, 2.05) is 13.1 Å². The van der Waals surface area contributed by atoms with Crippen LogP contribution in [0.25, 0.3) is 0 Å². The highest BCUT2D eigenvalue weighted by Crippen LogP contribution is 2.12. The second kappa shape index (κ2) is 6.12. The number of nitrogens with zero attached hydrogens (tertiary/aromatic N) is 3. The first-order valence-corrected chi connectivity index (χ1v) is 6.68. The Morgan fingerprint density at radius 1 is 1.47 bits per heavy atom. The largest absolute Gasteiger partial charge is 0.384 e. The maximum atomic E-state index is 12.5. The predicted octanol–water partition coefficient (Wildman–Crippen LogP) is 0.411. The molecule has 0 saturated carbocycles. The Bertz CT molecular complexity index is 449. The Morgan fingerprint density at radius 2 is 2.26 bits per heavy atom. The van der Waals surface area contributed by atoms with Crippen LogP contribution in [0, 0.1) is 0 Å². The number of carbonyl (C=O) groups is 1. The lowest BCUT2D eigenvalue weighted by Gasteiger charge is -2.26. The van der Waals surface area contributed by atoms with E-state index < -0.39 is 0 Å². The van der Waals surface area contributed by atoms with Gasteiger partial charge < -0.3 is 10.6 Å². The van der Waals surface area contributed by atoms with Crippen LogP contribution in [-0.4, -0.2) is 60.3 Å². The third-order valence-corrected chi connectivity index (χ3v) is 3.66. The van der Waals surface area contributed by atoms with Crippen LogP contribution in [0.2, 0.25) is 0 Å². The average Bonchev–Trinajstić information content (AvgIpc) is 2.51. The number of rotatable bonds is 3. The van der Waals surface area contributed by atoms with Crippen LogP contribution in [0.3, 0.4) is 0 Å². The number of hydrogen-bond donors (Lipinski definition) is 1. The summed E-state index contributed by atoms with van der Waals surface area (Å²) in [6.45, 7) is 2.82. The molecule has 1 aromatic heterocycles. The summed E-state index contributed by atoms with van der Waals surface area (Å²) < 4.78 is 0. The molecule has 0 radical (unpaired) electrons. The molecule has 1 aliphatic rings. The first kappa shape index (κ1) is 14.0. The maximum Gasteiger partial charge on any atom is 0.155 e. The molecule has 0 bridgehead atoms. The maximum absolute atomic E-state index is 12.5. The highest BCUT2D eigenvalue weighted by atomic mass is 16.1. The van der Waals surface area contributed by atoms with E-state index in [0.29, 0.717) is 12.2 Å². The van der Waals surface area contributed by atoms with Gasteiger partial charge in [0, 0.05) is 19.2 Å². The molecule has 2 rings (SSSR count). The lowest BCUT2D eigenvalue weighted by molar-refractivity contribution is -0.123. The Kier molecular flexibility index (Phi) is 4.50. The fourth-order valence-corrected chi connectivity index (χ4v) is 2.54. The summed E-state index contributed by atoms with van der Waals surface area (Å²) in [5, 5.41) is 0. The number of likely N-dealkylation sites (N-methyl/N-ethyl adjacent to an activating group) is 2. The van der Waals surface area contributed by atoms with Crippen molar-refractivity contribution in [3.8, 4) is 0 Å². The number of nitrogen functional groups attached to an aromatic ring is 1. The first-order chi connectivity index (χ1) is 9.06. The van der Waals surface area contributed by atoms with Crippen molar-refractivity contribution >= 4 is 11.6 Å². The fourth-order valence-electron chi connectivity index (χ4n) is 2.54. The standard InChI is InChI=1S/C14H22N4O/c1-17-6-3-7-18(2)12(10-17)13(19)8-11-4-5-16-14(15)9-11/h4-5,9,12H,3,6-8,10H2,1-2H3,(H2,15,16). The topological polar surface area (TPSA) is 62.5 Å². The molecule has 2 heterocycles. The van der Waals surface area contributed by atoms with E-state index in [1.54, 1.807) is 12.3 Å². The van der Waals surface area contributed by atoms with Crippen molar-refractivity contribution in [3.63, 3.8) is 0 Å². The van der Waals surface area contributed by atoms with Gasteiger partial charge in [-0.2, -0.15) is 0 Å². The quantitative estimate of drug-likeness (QED) is 0.855. The molecule has 1 aliphatic heterocycles. The summed E-state index contributed by atoms with van der Waals surface area (Å²) in [4.78, 5) is 20.8. The van der Waals surface area contributed by atoms with Gasteiger partial charge >= 0.3 is 0 Å². The normalized spacial score (nSPS) is 22.1. The van der Waals surface area contributed by atoms with Crippen molar-refractivity contribution in [2.24, 2.45) is 0 Å². The monoisotopic (exact) mass is 262 g/mol. The molecule has 1 atom stereocenters. The molecule has 1 unspecified atom stereocenters. The first-order valence-electron chi connectivity index (χ1n) is 6.68. The number of nitrogens with two attached hydrogens (primary N) is 1. The second-order valence-electron chi connectivity index (χ2n) is 5.34. The van der Waals surface area contributed by atoms with E-state index in [9.17, 15) is 4.79 Å². The Hall–Kier alpha value is -1.46. The van der Waals surface area contributed by atoms with Crippen molar-refractivity contribution in [2.45, 2.75) is 18.9 Å².